The number of hydrogen-bond donors (Lipinski definition) is 1. The molecule has 19 heavy (non-hydrogen) atoms. The zero-order valence-electron chi connectivity index (χ0n) is 10.7. The van der Waals surface area contributed by atoms with Crippen molar-refractivity contribution in [1.29, 1.82) is 0 Å². The zero-order chi connectivity index (χ0) is 15.9. The van der Waals surface area contributed by atoms with Crippen molar-refractivity contribution in [2.75, 3.05) is 0 Å². The van der Waals surface area contributed by atoms with Crippen molar-refractivity contribution < 1.29 is 63.0 Å². The van der Waals surface area contributed by atoms with Crippen LogP contribution in [0.15, 0.2) is 0 Å². The number of ketones is 1. The molecule has 0 unspecified atom stereocenters. The number of aliphatic carboxylic acids is 4. The molecule has 0 aliphatic rings. The Labute approximate surface area is 121 Å². The van der Waals surface area contributed by atoms with Gasteiger partial charge >= 0.3 is 24.5 Å². The fourth-order valence-electron chi connectivity index (χ4n) is 0. The van der Waals surface area contributed by atoms with E-state index in [0.717, 1.165) is 27.7 Å². The summed E-state index contributed by atoms with van der Waals surface area (Å²) in [6.45, 7) is 3.92. The predicted octanol–water partition coefficient (Wildman–Crippen LogP) is -4.07. The summed E-state index contributed by atoms with van der Waals surface area (Å²) in [5.41, 5.74) is 0. The summed E-state index contributed by atoms with van der Waals surface area (Å²) in [5, 5.41) is 34.3. The van der Waals surface area contributed by atoms with E-state index in [9.17, 15) is 9.59 Å². The molecule has 10 heteroatoms. The zero-order valence-corrected chi connectivity index (χ0v) is 12.1. The van der Waals surface area contributed by atoms with Crippen LogP contribution in [-0.2, 0) is 42.5 Å². The molecule has 0 aromatic heterocycles. The smallest absolute Gasteiger partial charge is 0.550 e. The topological polar surface area (TPSA) is 175 Å². The minimum absolute atomic E-state index is 0. The van der Waals surface area contributed by atoms with Crippen LogP contribution in [0.1, 0.15) is 27.7 Å². The van der Waals surface area contributed by atoms with E-state index in [1.54, 1.807) is 0 Å². The Morgan fingerprint density at radius 1 is 0.684 bits per heavy atom. The van der Waals surface area contributed by atoms with Gasteiger partial charge in [0.05, 0.1) is 0 Å². The Hall–Kier alpha value is -1.87. The third kappa shape index (κ3) is 708. The molecule has 0 saturated heterocycles. The molecule has 108 valence electrons. The van der Waals surface area contributed by atoms with E-state index in [1.807, 2.05) is 0 Å². The summed E-state index contributed by atoms with van der Waals surface area (Å²) >= 11 is 0. The molecule has 0 atom stereocenters. The number of Topliss-reactive ketones (excluding diaryl/α,β-unsaturated/α-hetero) is 1. The van der Waals surface area contributed by atoms with Crippen molar-refractivity contribution in [3.05, 3.63) is 0 Å². The van der Waals surface area contributed by atoms with E-state index in [4.69, 9.17) is 34.8 Å². The van der Waals surface area contributed by atoms with Gasteiger partial charge in [0.2, 0.25) is 5.78 Å². The van der Waals surface area contributed by atoms with Crippen molar-refractivity contribution in [3.8, 4) is 0 Å². The minimum Gasteiger partial charge on any atom is -0.550 e. The van der Waals surface area contributed by atoms with E-state index < -0.39 is 29.7 Å². The van der Waals surface area contributed by atoms with E-state index in [-0.39, 0.29) is 18.6 Å². The Kier molecular flexibility index (Phi) is 34.2. The van der Waals surface area contributed by atoms with E-state index in [0.29, 0.717) is 0 Å². The molecule has 0 saturated carbocycles. The molecule has 0 bridgehead atoms. The van der Waals surface area contributed by atoms with Crippen molar-refractivity contribution >= 4 is 29.7 Å². The van der Waals surface area contributed by atoms with Crippen LogP contribution in [0.2, 0.25) is 0 Å². The first kappa shape index (κ1) is 30.3. The van der Waals surface area contributed by atoms with Crippen LogP contribution in [0.25, 0.3) is 0 Å². The van der Waals surface area contributed by atoms with Gasteiger partial charge in [0, 0.05) is 24.8 Å². The molecule has 0 fully saturated rings. The molecule has 0 aliphatic carbocycles. The predicted molar refractivity (Wildman–Crippen MR) is 50.4 cm³/mol. The van der Waals surface area contributed by atoms with Gasteiger partial charge in [-0.3, -0.25) is 4.79 Å². The number of rotatable bonds is 1. The van der Waals surface area contributed by atoms with E-state index >= 15 is 0 Å². The maximum atomic E-state index is 9.54. The third-order valence-corrected chi connectivity index (χ3v) is 0.301. The Morgan fingerprint density at radius 2 is 0.737 bits per heavy atom. The molecule has 0 spiro atoms. The molecule has 0 radical (unpaired) electrons. The third-order valence-electron chi connectivity index (χ3n) is 0.301. The number of hydrogen-bond acceptors (Lipinski definition) is 8. The van der Waals surface area contributed by atoms with Crippen LogP contribution in [0, 0.1) is 0 Å². The van der Waals surface area contributed by atoms with Gasteiger partial charge in [-0.05, 0) is 20.8 Å². The molecule has 0 heterocycles. The van der Waals surface area contributed by atoms with Crippen LogP contribution in [0.3, 0.4) is 0 Å². The molecule has 0 aromatic rings. The first-order valence-electron chi connectivity index (χ1n) is 4.11. The summed E-state index contributed by atoms with van der Waals surface area (Å²) in [5.74, 6) is -5.45. The van der Waals surface area contributed by atoms with Crippen LogP contribution in [0.5, 0.6) is 0 Å². The first-order chi connectivity index (χ1) is 7.84. The molecule has 0 amide bonds. The van der Waals surface area contributed by atoms with Gasteiger partial charge < -0.3 is 34.8 Å². The number of carbonyl (C=O) groups excluding carboxylic acids is 4. The van der Waals surface area contributed by atoms with E-state index in [1.165, 1.54) is 0 Å². The second-order valence-corrected chi connectivity index (χ2v) is 2.34. The number of carboxylic acid groups (broad SMARTS) is 4. The average Bonchev–Trinajstić information content (AvgIpc) is 1.99. The molecular formula is C9H13O9V. The molecule has 1 N–H and O–H groups in total. The van der Waals surface area contributed by atoms with Gasteiger partial charge in [-0.2, -0.15) is 0 Å². The molecular weight excluding hydrogens is 303 g/mol. The average molecular weight is 316 g/mol. The summed E-state index contributed by atoms with van der Waals surface area (Å²) in [4.78, 5) is 45.6. The number of carbonyl (C=O) groups is 5. The van der Waals surface area contributed by atoms with Crippen molar-refractivity contribution in [2.24, 2.45) is 0 Å². The monoisotopic (exact) mass is 316 g/mol. The SMILES string of the molecule is CC(=O)C(=O)O.CC(=O)[O-].CC(=O)[O-].CC(=O)[O-].[V+3]. The Balaban J connectivity index is -0.0000000459. The fraction of sp³-hybridized carbons (Fsp3) is 0.444. The van der Waals surface area contributed by atoms with Gasteiger partial charge in [-0.15, -0.1) is 0 Å². The molecule has 0 rings (SSSR count). The largest absolute Gasteiger partial charge is 3.00 e. The molecule has 0 aromatic carbocycles. The summed E-state index contributed by atoms with van der Waals surface area (Å²) < 4.78 is 0. The summed E-state index contributed by atoms with van der Waals surface area (Å²) in [6.07, 6.45) is 0. The van der Waals surface area contributed by atoms with Crippen LogP contribution in [0.4, 0.5) is 0 Å². The van der Waals surface area contributed by atoms with Gasteiger partial charge in [0.1, 0.15) is 0 Å². The van der Waals surface area contributed by atoms with Crippen molar-refractivity contribution in [2.45, 2.75) is 27.7 Å². The first-order valence-corrected chi connectivity index (χ1v) is 4.11. The standard InChI is InChI=1S/C3H4O3.3C2H4O2.V/c1-2(4)3(5)6;3*1-2(3)4;/h1H3,(H,5,6);3*1H3,(H,3,4);/q;;;;+3/p-3. The second kappa shape index (κ2) is 21.4. The molecule has 9 nitrogen and oxygen atoms in total. The van der Waals surface area contributed by atoms with Gasteiger partial charge in [0.15, 0.2) is 0 Å². The molecule has 0 aliphatic heterocycles. The Morgan fingerprint density at radius 3 is 0.737 bits per heavy atom. The quantitative estimate of drug-likeness (QED) is 0.471. The van der Waals surface area contributed by atoms with Crippen molar-refractivity contribution in [3.63, 3.8) is 0 Å². The van der Waals surface area contributed by atoms with Crippen LogP contribution < -0.4 is 15.3 Å². The van der Waals surface area contributed by atoms with Gasteiger partial charge in [-0.1, -0.05) is 0 Å². The van der Waals surface area contributed by atoms with Gasteiger partial charge in [-0.25, -0.2) is 4.79 Å². The summed E-state index contributed by atoms with van der Waals surface area (Å²) in [7, 11) is 0. The van der Waals surface area contributed by atoms with Gasteiger partial charge in [0.25, 0.3) is 0 Å². The van der Waals surface area contributed by atoms with Crippen LogP contribution >= 0.6 is 0 Å². The van der Waals surface area contributed by atoms with Crippen LogP contribution in [-0.4, -0.2) is 34.8 Å². The maximum absolute atomic E-state index is 9.54. The van der Waals surface area contributed by atoms with Crippen molar-refractivity contribution in [1.82, 2.24) is 0 Å². The Bertz CT molecular complexity index is 246. The maximum Gasteiger partial charge on any atom is 3.00 e. The fourth-order valence-corrected chi connectivity index (χ4v) is 0. The second-order valence-electron chi connectivity index (χ2n) is 2.34. The summed E-state index contributed by atoms with van der Waals surface area (Å²) in [6, 6.07) is 0. The number of carboxylic acids is 4. The minimum atomic E-state index is -1.38. The van der Waals surface area contributed by atoms with E-state index in [2.05, 4.69) is 0 Å². The normalized spacial score (nSPS) is 6.32.